The number of hydrogen-bond donors (Lipinski definition) is 4. The van der Waals surface area contributed by atoms with Gasteiger partial charge in [-0.3, -0.25) is 24.7 Å². The average Bonchev–Trinajstić information content (AvgIpc) is 0.845. The highest BCUT2D eigenvalue weighted by Crippen LogP contribution is 2.27. The summed E-state index contributed by atoms with van der Waals surface area (Å²) in [6.45, 7) is 14.2. The predicted octanol–water partition coefficient (Wildman–Crippen LogP) is 11.2. The number of carbonyl (C=O) groups excluding carboxylic acids is 1. The van der Waals surface area contributed by atoms with Gasteiger partial charge in [0.05, 0.1) is 31.2 Å². The zero-order chi connectivity index (χ0) is 76.5. The van der Waals surface area contributed by atoms with Gasteiger partial charge >= 0.3 is 0 Å². The van der Waals surface area contributed by atoms with E-state index in [9.17, 15) is 38.5 Å². The third-order valence-corrected chi connectivity index (χ3v) is 20.0. The largest absolute Gasteiger partial charge is 0.295 e. The van der Waals surface area contributed by atoms with Gasteiger partial charge in [0.25, 0.3) is 40.1 Å². The van der Waals surface area contributed by atoms with Gasteiger partial charge in [0.2, 0.25) is 23.8 Å². The van der Waals surface area contributed by atoms with Gasteiger partial charge in [-0.25, -0.2) is 72.5 Å². The molecule has 13 aromatic rings. The maximum absolute atomic E-state index is 12.8. The van der Waals surface area contributed by atoms with Gasteiger partial charge < -0.3 is 0 Å². The van der Waals surface area contributed by atoms with E-state index in [0.29, 0.717) is 68.8 Å². The van der Waals surface area contributed by atoms with Gasteiger partial charge in [0.15, 0.2) is 29.1 Å². The molecule has 0 bridgehead atoms. The molecule has 0 radical (unpaired) electrons. The van der Waals surface area contributed by atoms with Crippen LogP contribution >= 0.6 is 0 Å². The van der Waals surface area contributed by atoms with Crippen molar-refractivity contribution in [2.24, 2.45) is 0 Å². The van der Waals surface area contributed by atoms with Gasteiger partial charge in [-0.2, -0.15) is 45.1 Å². The molecule has 107 heavy (non-hydrogen) atoms. The number of aryl methyl sites for hydroxylation is 4. The van der Waals surface area contributed by atoms with Gasteiger partial charge in [-0.15, -0.1) is 0 Å². The lowest BCUT2D eigenvalue weighted by atomic mass is 9.87. The van der Waals surface area contributed by atoms with Crippen molar-refractivity contribution in [3.63, 3.8) is 0 Å². The van der Waals surface area contributed by atoms with Crippen molar-refractivity contribution in [1.82, 2.24) is 79.7 Å². The van der Waals surface area contributed by atoms with Crippen LogP contribution in [0.3, 0.4) is 0 Å². The number of carbonyl (C=O) groups is 1. The van der Waals surface area contributed by atoms with Crippen molar-refractivity contribution in [2.45, 2.75) is 80.4 Å². The number of ketones is 1. The molecule has 0 amide bonds. The third-order valence-electron chi connectivity index (χ3n) is 14.6. The summed E-state index contributed by atoms with van der Waals surface area (Å²) in [6.07, 6.45) is 6.42. The Kier molecular flexibility index (Phi) is 24.0. The zero-order valence-corrected chi connectivity index (χ0v) is 61.5. The molecule has 0 aliphatic heterocycles. The molecular weight excluding hydrogens is 1440 g/mol. The summed E-state index contributed by atoms with van der Waals surface area (Å²) in [4.78, 5) is 77.9. The fraction of sp³-hybridized carbons (Fsp3) is 0.123. The Labute approximate surface area is 616 Å². The summed E-state index contributed by atoms with van der Waals surface area (Å²) in [5, 5.41) is 8.79. The number of nitrogens with one attached hydrogen (secondary N) is 4. The van der Waals surface area contributed by atoms with Crippen LogP contribution in [-0.2, 0) is 45.5 Å². The fourth-order valence-corrected chi connectivity index (χ4v) is 13.2. The molecule has 5 aromatic carbocycles. The molecule has 8 heterocycles. The molecule has 34 heteroatoms. The monoisotopic (exact) mass is 1510 g/mol. The molecule has 0 spiro atoms. The lowest BCUT2D eigenvalue weighted by Gasteiger charge is -2.19. The Hall–Kier alpha value is -13.1. The van der Waals surface area contributed by atoms with Crippen LogP contribution in [-0.4, -0.2) is 119 Å². The lowest BCUT2D eigenvalue weighted by Crippen LogP contribution is -2.17. The van der Waals surface area contributed by atoms with Crippen LogP contribution in [0.4, 0.5) is 23.8 Å². The number of pyridine rings is 4. The van der Waals surface area contributed by atoms with Gasteiger partial charge in [0.1, 0.15) is 46.1 Å². The molecule has 0 fully saturated rings. The first kappa shape index (κ1) is 76.5. The number of nitrogens with zero attached hydrogens (tertiary/aromatic N) is 17. The molecule has 0 saturated heterocycles. The molecule has 30 nitrogen and oxygen atoms in total. The van der Waals surface area contributed by atoms with Crippen LogP contribution in [0.25, 0.3) is 57.2 Å². The van der Waals surface area contributed by atoms with E-state index >= 15 is 0 Å². The third kappa shape index (κ3) is 21.1. The summed E-state index contributed by atoms with van der Waals surface area (Å²) in [5.74, 6) is 2.20. The number of aromatic nitrogens is 16. The number of benzene rings is 5. The SMILES string of the molecule is CC(=O)c1ccc(S(=O)(=O)Nc2nc(C)nc(-c3ccccn3)n2)cc1.Cc1nc(NS(=O)(=O)c2ccc(-c3ccccc3)cc2)nc(-c2ccccn2)n1.Cc1nc(NS(=O)(=O)c2ccc(C#N)cc2)nc(-c2ccccn2)n1.Cc1nc(NS(=O)(=O)c2ccc(C(C)(C)C)cc2)nc(-c2ccccn2)n1. The minimum Gasteiger partial charge on any atom is -0.295 e. The molecule has 13 rings (SSSR count). The van der Waals surface area contributed by atoms with E-state index in [1.54, 1.807) is 156 Å². The van der Waals surface area contributed by atoms with Crippen molar-refractivity contribution in [2.75, 3.05) is 18.9 Å². The van der Waals surface area contributed by atoms with Crippen molar-refractivity contribution in [3.8, 4) is 63.3 Å². The predicted molar refractivity (Wildman–Crippen MR) is 399 cm³/mol. The van der Waals surface area contributed by atoms with E-state index < -0.39 is 40.1 Å². The van der Waals surface area contributed by atoms with Crippen molar-refractivity contribution >= 4 is 69.7 Å². The van der Waals surface area contributed by atoms with Crippen molar-refractivity contribution in [3.05, 3.63) is 265 Å². The minimum absolute atomic E-state index is 0.0000450. The molecule has 8 aromatic heterocycles. The molecule has 0 aliphatic carbocycles. The standard InChI is InChI=1S/C21H17N5O2S.C19H21N5O2S.C17H15N5O3S.C16H12N6O2S/c1-15-23-20(19-9-5-6-14-22-19)25-21(24-15)26-29(27,28)18-12-10-17(11-13-18)16-7-3-2-4-8-16;1-13-21-17(16-7-5-6-12-20-16)23-18(22-13)24-27(25,26)15-10-8-14(9-11-15)19(2,3)4;1-11(23)13-6-8-14(9-7-13)26(24,25)22-17-20-12(2)19-16(21-17)15-5-3-4-10-18-15;1-11-19-15(14-4-2-3-9-18-14)21-16(20-11)22-25(23,24)13-7-5-12(10-17)6-8-13/h2-14H,1H3,(H,23,24,25,26);5-12H,1-4H3,(H,21,22,23,24);3-10H,1-2H3,(H,19,20,21,22);2-9H,1H3,(H,19,20,21,22). The highest BCUT2D eigenvalue weighted by atomic mass is 32.2. The van der Waals surface area contributed by atoms with Crippen molar-refractivity contribution in [1.29, 1.82) is 5.26 Å². The summed E-state index contributed by atoms with van der Waals surface area (Å²) in [6, 6.07) is 57.4. The van der Waals surface area contributed by atoms with Crippen LogP contribution < -0.4 is 18.9 Å². The van der Waals surface area contributed by atoms with E-state index in [1.807, 2.05) is 54.6 Å². The smallest absolute Gasteiger partial charge is 0.264 e. The number of anilines is 4. The number of nitriles is 1. The first-order chi connectivity index (χ1) is 51.0. The van der Waals surface area contributed by atoms with Gasteiger partial charge in [-0.1, -0.05) is 112 Å². The highest BCUT2D eigenvalue weighted by Gasteiger charge is 2.24. The molecule has 4 N–H and O–H groups in total. The molecular formula is C73H65N21O9S4. The Bertz CT molecular complexity index is 5810. The molecule has 0 aliphatic rings. The number of rotatable bonds is 18. The van der Waals surface area contributed by atoms with E-state index in [-0.39, 0.29) is 66.2 Å². The number of hydrogen-bond acceptors (Lipinski definition) is 26. The van der Waals surface area contributed by atoms with E-state index in [0.717, 1.165) is 16.7 Å². The second-order valence-electron chi connectivity index (χ2n) is 23.8. The molecule has 0 saturated carbocycles. The number of sulfonamides is 4. The second kappa shape index (κ2) is 33.6. The zero-order valence-electron chi connectivity index (χ0n) is 58.3. The van der Waals surface area contributed by atoms with E-state index in [4.69, 9.17) is 5.26 Å². The molecule has 0 unspecified atom stereocenters. The molecule has 0 atom stereocenters. The van der Waals surface area contributed by atoms with E-state index in [1.165, 1.54) is 55.5 Å². The van der Waals surface area contributed by atoms with Crippen LogP contribution in [0.2, 0.25) is 0 Å². The van der Waals surface area contributed by atoms with Gasteiger partial charge in [0, 0.05) is 30.4 Å². The van der Waals surface area contributed by atoms with Crippen LogP contribution in [0.1, 0.15) is 72.5 Å². The summed E-state index contributed by atoms with van der Waals surface area (Å²) in [5.41, 5.74) is 5.81. The van der Waals surface area contributed by atoms with Gasteiger partial charge in [-0.05, 0) is 166 Å². The Morgan fingerprint density at radius 3 is 0.879 bits per heavy atom. The fourth-order valence-electron chi connectivity index (χ4n) is 9.43. The Balaban J connectivity index is 0.000000153. The summed E-state index contributed by atoms with van der Waals surface area (Å²) in [7, 11) is -15.5. The highest BCUT2D eigenvalue weighted by molar-refractivity contribution is 7.93. The normalized spacial score (nSPS) is 11.3. The molecule has 540 valence electrons. The Morgan fingerprint density at radius 2 is 0.607 bits per heavy atom. The average molecular weight is 1510 g/mol. The maximum atomic E-state index is 12.8. The first-order valence-corrected chi connectivity index (χ1v) is 38.0. The Morgan fingerprint density at radius 1 is 0.336 bits per heavy atom. The minimum atomic E-state index is -3.91. The number of Topliss-reactive ketones (excluding diaryl/α,β-unsaturated/α-hetero) is 1. The van der Waals surface area contributed by atoms with Crippen LogP contribution in [0, 0.1) is 39.0 Å². The summed E-state index contributed by atoms with van der Waals surface area (Å²) < 4.78 is 110. The second-order valence-corrected chi connectivity index (χ2v) is 30.5. The van der Waals surface area contributed by atoms with E-state index in [2.05, 4.69) is 119 Å². The quantitative estimate of drug-likeness (QED) is 0.0580. The topological polar surface area (TPSA) is 432 Å². The first-order valence-electron chi connectivity index (χ1n) is 32.0. The lowest BCUT2D eigenvalue weighted by molar-refractivity contribution is 0.101. The maximum Gasteiger partial charge on any atom is 0.264 e. The van der Waals surface area contributed by atoms with Crippen molar-refractivity contribution < 1.29 is 38.5 Å². The summed E-state index contributed by atoms with van der Waals surface area (Å²) >= 11 is 0. The van der Waals surface area contributed by atoms with Crippen LogP contribution in [0.15, 0.2) is 245 Å². The van der Waals surface area contributed by atoms with Crippen LogP contribution in [0.5, 0.6) is 0 Å².